The lowest BCUT2D eigenvalue weighted by Crippen LogP contribution is -2.33. The third-order valence-electron chi connectivity index (χ3n) is 1.27. The highest BCUT2D eigenvalue weighted by Gasteiger charge is 2.17. The summed E-state index contributed by atoms with van der Waals surface area (Å²) in [5, 5.41) is 0. The largest absolute Gasteiger partial charge is 0.376 e. The van der Waals surface area contributed by atoms with Gasteiger partial charge in [0.1, 0.15) is 6.10 Å². The molecule has 1 heterocycles. The second-order valence-electron chi connectivity index (χ2n) is 2.04. The van der Waals surface area contributed by atoms with Gasteiger partial charge in [0, 0.05) is 0 Å². The van der Waals surface area contributed by atoms with Crippen LogP contribution in [0.1, 0.15) is 6.92 Å². The van der Waals surface area contributed by atoms with Gasteiger partial charge in [0.05, 0.1) is 19.8 Å². The maximum Gasteiger partial charge on any atom is 0.160 e. The number of carbonyl (C=O) groups excluding carboxylic acids is 1. The molecule has 0 amide bonds. The van der Waals surface area contributed by atoms with Crippen molar-refractivity contribution in [2.45, 2.75) is 13.0 Å². The molecule has 1 fully saturated rings. The predicted octanol–water partition coefficient (Wildman–Crippen LogP) is -0.00920. The molecular weight excluding hydrogens is 120 g/mol. The van der Waals surface area contributed by atoms with Crippen molar-refractivity contribution < 1.29 is 14.3 Å². The number of carbonyl (C=O) groups is 1. The Kier molecular flexibility index (Phi) is 2.19. The van der Waals surface area contributed by atoms with Crippen LogP contribution >= 0.6 is 0 Å². The molecule has 0 aromatic carbocycles. The minimum atomic E-state index is -0.307. The Morgan fingerprint density at radius 2 is 2.33 bits per heavy atom. The van der Waals surface area contributed by atoms with Gasteiger partial charge in [0.2, 0.25) is 0 Å². The van der Waals surface area contributed by atoms with Crippen LogP contribution in [0.2, 0.25) is 0 Å². The van der Waals surface area contributed by atoms with E-state index in [-0.39, 0.29) is 11.9 Å². The Morgan fingerprint density at radius 1 is 1.56 bits per heavy atom. The van der Waals surface area contributed by atoms with E-state index in [1.807, 2.05) is 0 Å². The first kappa shape index (κ1) is 6.71. The lowest BCUT2D eigenvalue weighted by atomic mass is 10.2. The van der Waals surface area contributed by atoms with Gasteiger partial charge in [0.25, 0.3) is 0 Å². The summed E-state index contributed by atoms with van der Waals surface area (Å²) in [6.45, 7) is 3.10. The van der Waals surface area contributed by atoms with Crippen molar-refractivity contribution in [3.63, 3.8) is 0 Å². The molecule has 1 aliphatic rings. The highest BCUT2D eigenvalue weighted by molar-refractivity contribution is 5.80. The van der Waals surface area contributed by atoms with Crippen LogP contribution in [-0.4, -0.2) is 31.7 Å². The molecule has 0 spiro atoms. The zero-order chi connectivity index (χ0) is 6.69. The molecule has 3 heteroatoms. The molecule has 0 aromatic heterocycles. The van der Waals surface area contributed by atoms with Crippen molar-refractivity contribution >= 4 is 5.78 Å². The van der Waals surface area contributed by atoms with Crippen molar-refractivity contribution in [2.75, 3.05) is 19.8 Å². The SMILES string of the molecule is CC(=O)[C@@H]1COCCO1. The molecular formula is C6H10O3. The Labute approximate surface area is 53.9 Å². The monoisotopic (exact) mass is 130 g/mol. The van der Waals surface area contributed by atoms with E-state index in [1.54, 1.807) is 0 Å². The molecule has 1 rings (SSSR count). The highest BCUT2D eigenvalue weighted by Crippen LogP contribution is 2.00. The molecule has 0 bridgehead atoms. The van der Waals surface area contributed by atoms with Crippen LogP contribution in [0, 0.1) is 0 Å². The van der Waals surface area contributed by atoms with Crippen LogP contribution in [0.5, 0.6) is 0 Å². The molecule has 0 radical (unpaired) electrons. The highest BCUT2D eigenvalue weighted by atomic mass is 16.6. The molecule has 0 aliphatic carbocycles. The normalized spacial score (nSPS) is 27.9. The number of hydrogen-bond donors (Lipinski definition) is 0. The molecule has 52 valence electrons. The molecule has 1 saturated heterocycles. The fourth-order valence-electron chi connectivity index (χ4n) is 0.722. The van der Waals surface area contributed by atoms with Gasteiger partial charge >= 0.3 is 0 Å². The Hall–Kier alpha value is -0.410. The fraction of sp³-hybridized carbons (Fsp3) is 0.833. The van der Waals surface area contributed by atoms with Gasteiger partial charge in [-0.15, -0.1) is 0 Å². The van der Waals surface area contributed by atoms with Gasteiger partial charge in [-0.25, -0.2) is 0 Å². The van der Waals surface area contributed by atoms with E-state index in [0.29, 0.717) is 19.8 Å². The van der Waals surface area contributed by atoms with Crippen LogP contribution in [0.25, 0.3) is 0 Å². The van der Waals surface area contributed by atoms with E-state index >= 15 is 0 Å². The van der Waals surface area contributed by atoms with Crippen molar-refractivity contribution in [1.82, 2.24) is 0 Å². The summed E-state index contributed by atoms with van der Waals surface area (Å²) in [6.07, 6.45) is -0.307. The first-order chi connectivity index (χ1) is 4.30. The van der Waals surface area contributed by atoms with Crippen molar-refractivity contribution in [1.29, 1.82) is 0 Å². The Bertz CT molecular complexity index is 105. The van der Waals surface area contributed by atoms with E-state index in [9.17, 15) is 4.79 Å². The topological polar surface area (TPSA) is 35.5 Å². The number of Topliss-reactive ketones (excluding diaryl/α,β-unsaturated/α-hetero) is 1. The van der Waals surface area contributed by atoms with Crippen LogP contribution < -0.4 is 0 Å². The molecule has 0 saturated carbocycles. The predicted molar refractivity (Wildman–Crippen MR) is 31.2 cm³/mol. The van der Waals surface area contributed by atoms with E-state index < -0.39 is 0 Å². The lowest BCUT2D eigenvalue weighted by molar-refractivity contribution is -0.143. The van der Waals surface area contributed by atoms with Crippen molar-refractivity contribution in [2.24, 2.45) is 0 Å². The summed E-state index contributed by atoms with van der Waals surface area (Å²) < 4.78 is 10.1. The van der Waals surface area contributed by atoms with E-state index in [2.05, 4.69) is 0 Å². The standard InChI is InChI=1S/C6H10O3/c1-5(7)6-4-8-2-3-9-6/h6H,2-4H2,1H3/t6-/m0/s1. The van der Waals surface area contributed by atoms with Crippen LogP contribution in [0.3, 0.4) is 0 Å². The third-order valence-corrected chi connectivity index (χ3v) is 1.27. The number of hydrogen-bond acceptors (Lipinski definition) is 3. The second-order valence-corrected chi connectivity index (χ2v) is 2.04. The molecule has 1 aliphatic heterocycles. The molecule has 3 nitrogen and oxygen atoms in total. The fourth-order valence-corrected chi connectivity index (χ4v) is 0.722. The summed E-state index contributed by atoms with van der Waals surface area (Å²) in [4.78, 5) is 10.6. The summed E-state index contributed by atoms with van der Waals surface area (Å²) in [5.74, 6) is 0.0506. The van der Waals surface area contributed by atoms with Crippen molar-refractivity contribution in [3.8, 4) is 0 Å². The first-order valence-corrected chi connectivity index (χ1v) is 3.00. The minimum absolute atomic E-state index is 0.0506. The third kappa shape index (κ3) is 1.77. The van der Waals surface area contributed by atoms with E-state index in [4.69, 9.17) is 9.47 Å². The van der Waals surface area contributed by atoms with Gasteiger partial charge in [-0.2, -0.15) is 0 Å². The molecule has 0 N–H and O–H groups in total. The van der Waals surface area contributed by atoms with Crippen LogP contribution in [0.4, 0.5) is 0 Å². The van der Waals surface area contributed by atoms with Gasteiger partial charge in [-0.05, 0) is 6.92 Å². The van der Waals surface area contributed by atoms with E-state index in [1.165, 1.54) is 6.92 Å². The summed E-state index contributed by atoms with van der Waals surface area (Å²) in [5.41, 5.74) is 0. The van der Waals surface area contributed by atoms with Crippen LogP contribution in [-0.2, 0) is 14.3 Å². The molecule has 9 heavy (non-hydrogen) atoms. The maximum atomic E-state index is 10.6. The summed E-state index contributed by atoms with van der Waals surface area (Å²) in [6, 6.07) is 0. The summed E-state index contributed by atoms with van der Waals surface area (Å²) in [7, 11) is 0. The lowest BCUT2D eigenvalue weighted by Gasteiger charge is -2.19. The summed E-state index contributed by atoms with van der Waals surface area (Å²) >= 11 is 0. The molecule has 0 unspecified atom stereocenters. The smallest absolute Gasteiger partial charge is 0.160 e. The quantitative estimate of drug-likeness (QED) is 0.501. The Morgan fingerprint density at radius 3 is 2.67 bits per heavy atom. The first-order valence-electron chi connectivity index (χ1n) is 3.00. The number of ketones is 1. The minimum Gasteiger partial charge on any atom is -0.376 e. The molecule has 1 atom stereocenters. The van der Waals surface area contributed by atoms with Gasteiger partial charge in [0.15, 0.2) is 5.78 Å². The van der Waals surface area contributed by atoms with Gasteiger partial charge in [-0.3, -0.25) is 4.79 Å². The van der Waals surface area contributed by atoms with E-state index in [0.717, 1.165) is 0 Å². The van der Waals surface area contributed by atoms with Crippen molar-refractivity contribution in [3.05, 3.63) is 0 Å². The number of ether oxygens (including phenoxy) is 2. The molecule has 0 aromatic rings. The Balaban J connectivity index is 2.31. The van der Waals surface area contributed by atoms with Gasteiger partial charge < -0.3 is 9.47 Å². The maximum absolute atomic E-state index is 10.6. The number of rotatable bonds is 1. The van der Waals surface area contributed by atoms with Crippen LogP contribution in [0.15, 0.2) is 0 Å². The average molecular weight is 130 g/mol. The zero-order valence-corrected chi connectivity index (χ0v) is 5.42. The second kappa shape index (κ2) is 2.94. The van der Waals surface area contributed by atoms with Gasteiger partial charge in [-0.1, -0.05) is 0 Å². The zero-order valence-electron chi connectivity index (χ0n) is 5.42. The average Bonchev–Trinajstić information content (AvgIpc) is 1.90.